The summed E-state index contributed by atoms with van der Waals surface area (Å²) in [6.45, 7) is 5.27. The standard InChI is InChI=1S/C17H21N5O2S/c1-12-10-18-5-4-14(12)21-6-3-7-22(9-8-21)15-13(16(23)24)11-19-17(20-15)25-2/h4-5,10-11H,3,6-9H2,1-2H3,(H,23,24). The third-order valence-corrected chi connectivity index (χ3v) is 4.85. The van der Waals surface area contributed by atoms with Crippen LogP contribution in [0.5, 0.6) is 0 Å². The number of aromatic carboxylic acids is 1. The number of rotatable bonds is 4. The van der Waals surface area contributed by atoms with E-state index in [4.69, 9.17) is 0 Å². The van der Waals surface area contributed by atoms with Gasteiger partial charge in [0.15, 0.2) is 5.16 Å². The van der Waals surface area contributed by atoms with Crippen molar-refractivity contribution in [3.8, 4) is 0 Å². The summed E-state index contributed by atoms with van der Waals surface area (Å²) in [6.07, 6.45) is 7.90. The van der Waals surface area contributed by atoms with Gasteiger partial charge in [-0.25, -0.2) is 14.8 Å². The van der Waals surface area contributed by atoms with Crippen molar-refractivity contribution >= 4 is 29.2 Å². The lowest BCUT2D eigenvalue weighted by atomic mass is 10.2. The number of hydrogen-bond donors (Lipinski definition) is 1. The van der Waals surface area contributed by atoms with Gasteiger partial charge < -0.3 is 14.9 Å². The molecule has 25 heavy (non-hydrogen) atoms. The molecule has 0 saturated carbocycles. The molecule has 0 amide bonds. The van der Waals surface area contributed by atoms with Crippen LogP contribution in [0.2, 0.25) is 0 Å². The Labute approximate surface area is 151 Å². The van der Waals surface area contributed by atoms with E-state index in [1.807, 2.05) is 24.7 Å². The lowest BCUT2D eigenvalue weighted by Gasteiger charge is -2.25. The zero-order chi connectivity index (χ0) is 17.8. The first kappa shape index (κ1) is 17.5. The fourth-order valence-electron chi connectivity index (χ4n) is 3.04. The van der Waals surface area contributed by atoms with Crippen LogP contribution in [-0.4, -0.2) is 58.5 Å². The predicted octanol–water partition coefficient (Wildman–Crippen LogP) is 2.32. The van der Waals surface area contributed by atoms with Crippen molar-refractivity contribution < 1.29 is 9.90 Å². The lowest BCUT2D eigenvalue weighted by Crippen LogP contribution is -2.32. The molecule has 1 fully saturated rings. The molecule has 1 saturated heterocycles. The molecule has 0 aliphatic carbocycles. The van der Waals surface area contributed by atoms with Crippen molar-refractivity contribution in [1.82, 2.24) is 15.0 Å². The van der Waals surface area contributed by atoms with Gasteiger partial charge in [0, 0.05) is 50.5 Å². The second kappa shape index (κ2) is 7.69. The fourth-order valence-corrected chi connectivity index (χ4v) is 3.37. The minimum Gasteiger partial charge on any atom is -0.477 e. The van der Waals surface area contributed by atoms with Gasteiger partial charge in [0.05, 0.1) is 0 Å². The molecule has 3 rings (SSSR count). The Morgan fingerprint density at radius 2 is 1.96 bits per heavy atom. The number of carboxylic acid groups (broad SMARTS) is 1. The molecule has 0 aromatic carbocycles. The molecule has 132 valence electrons. The minimum atomic E-state index is -0.992. The van der Waals surface area contributed by atoms with Crippen LogP contribution in [0.4, 0.5) is 11.5 Å². The normalized spacial score (nSPS) is 15.1. The van der Waals surface area contributed by atoms with E-state index in [1.165, 1.54) is 23.6 Å². The zero-order valence-corrected chi connectivity index (χ0v) is 15.2. The van der Waals surface area contributed by atoms with E-state index < -0.39 is 5.97 Å². The molecule has 0 radical (unpaired) electrons. The molecule has 2 aromatic rings. The van der Waals surface area contributed by atoms with Crippen molar-refractivity contribution in [2.45, 2.75) is 18.5 Å². The Kier molecular flexibility index (Phi) is 5.37. The largest absolute Gasteiger partial charge is 0.477 e. The molecule has 8 heteroatoms. The maximum absolute atomic E-state index is 11.5. The summed E-state index contributed by atoms with van der Waals surface area (Å²) in [6, 6.07) is 2.03. The molecule has 2 aromatic heterocycles. The van der Waals surface area contributed by atoms with Gasteiger partial charge in [0.2, 0.25) is 0 Å². The van der Waals surface area contributed by atoms with Crippen molar-refractivity contribution in [1.29, 1.82) is 0 Å². The van der Waals surface area contributed by atoms with Crippen LogP contribution in [0.15, 0.2) is 29.8 Å². The lowest BCUT2D eigenvalue weighted by molar-refractivity contribution is 0.0696. The maximum Gasteiger partial charge on any atom is 0.341 e. The number of aromatic nitrogens is 3. The van der Waals surface area contributed by atoms with Crippen LogP contribution in [0.25, 0.3) is 0 Å². The first-order valence-electron chi connectivity index (χ1n) is 8.15. The Hall–Kier alpha value is -2.35. The summed E-state index contributed by atoms with van der Waals surface area (Å²) in [5.41, 5.74) is 2.49. The molecule has 0 atom stereocenters. The van der Waals surface area contributed by atoms with Gasteiger partial charge in [-0.05, 0) is 31.2 Å². The molecule has 0 spiro atoms. The first-order chi connectivity index (χ1) is 12.1. The van der Waals surface area contributed by atoms with Crippen LogP contribution in [-0.2, 0) is 0 Å². The highest BCUT2D eigenvalue weighted by atomic mass is 32.2. The van der Waals surface area contributed by atoms with Gasteiger partial charge in [-0.2, -0.15) is 0 Å². The van der Waals surface area contributed by atoms with E-state index in [0.29, 0.717) is 17.5 Å². The second-order valence-corrected chi connectivity index (χ2v) is 6.66. The summed E-state index contributed by atoms with van der Waals surface area (Å²) < 4.78 is 0. The molecule has 1 aliphatic heterocycles. The summed E-state index contributed by atoms with van der Waals surface area (Å²) in [5, 5.41) is 10.1. The maximum atomic E-state index is 11.5. The summed E-state index contributed by atoms with van der Waals surface area (Å²) in [5.74, 6) is -0.478. The van der Waals surface area contributed by atoms with E-state index in [9.17, 15) is 9.90 Å². The topological polar surface area (TPSA) is 82.5 Å². The van der Waals surface area contributed by atoms with Gasteiger partial charge in [-0.1, -0.05) is 11.8 Å². The Balaban J connectivity index is 1.84. The van der Waals surface area contributed by atoms with Crippen molar-refractivity contribution in [2.24, 2.45) is 0 Å². The molecular weight excluding hydrogens is 338 g/mol. The van der Waals surface area contributed by atoms with Gasteiger partial charge in [0.1, 0.15) is 11.4 Å². The molecule has 7 nitrogen and oxygen atoms in total. The third-order valence-electron chi connectivity index (χ3n) is 4.29. The number of aryl methyl sites for hydroxylation is 1. The monoisotopic (exact) mass is 359 g/mol. The van der Waals surface area contributed by atoms with Crippen molar-refractivity contribution in [3.05, 3.63) is 35.8 Å². The van der Waals surface area contributed by atoms with E-state index in [-0.39, 0.29) is 5.56 Å². The quantitative estimate of drug-likeness (QED) is 0.658. The molecule has 0 bridgehead atoms. The molecule has 3 heterocycles. The van der Waals surface area contributed by atoms with Gasteiger partial charge >= 0.3 is 5.97 Å². The van der Waals surface area contributed by atoms with Gasteiger partial charge in [-0.3, -0.25) is 4.98 Å². The van der Waals surface area contributed by atoms with Crippen molar-refractivity contribution in [3.63, 3.8) is 0 Å². The predicted molar refractivity (Wildman–Crippen MR) is 98.8 cm³/mol. The third kappa shape index (κ3) is 3.84. The Morgan fingerprint density at radius 1 is 1.20 bits per heavy atom. The number of carboxylic acids is 1. The number of pyridine rings is 1. The van der Waals surface area contributed by atoms with Crippen LogP contribution in [0, 0.1) is 6.92 Å². The number of hydrogen-bond acceptors (Lipinski definition) is 7. The van der Waals surface area contributed by atoms with Gasteiger partial charge in [-0.15, -0.1) is 0 Å². The average Bonchev–Trinajstić information content (AvgIpc) is 2.87. The zero-order valence-electron chi connectivity index (χ0n) is 14.3. The molecule has 0 unspecified atom stereocenters. The minimum absolute atomic E-state index is 0.159. The summed E-state index contributed by atoms with van der Waals surface area (Å²) in [4.78, 5) is 28.6. The Morgan fingerprint density at radius 3 is 2.68 bits per heavy atom. The van der Waals surface area contributed by atoms with Gasteiger partial charge in [0.25, 0.3) is 0 Å². The average molecular weight is 359 g/mol. The second-order valence-electron chi connectivity index (χ2n) is 5.89. The van der Waals surface area contributed by atoms with Crippen LogP contribution >= 0.6 is 11.8 Å². The van der Waals surface area contributed by atoms with Crippen LogP contribution in [0.3, 0.4) is 0 Å². The summed E-state index contributed by atoms with van der Waals surface area (Å²) in [7, 11) is 0. The SMILES string of the molecule is CSc1ncc(C(=O)O)c(N2CCCN(c3ccncc3C)CC2)n1. The molecule has 1 N–H and O–H groups in total. The number of anilines is 2. The molecular formula is C17H21N5O2S. The summed E-state index contributed by atoms with van der Waals surface area (Å²) >= 11 is 1.41. The fraction of sp³-hybridized carbons (Fsp3) is 0.412. The highest BCUT2D eigenvalue weighted by molar-refractivity contribution is 7.98. The van der Waals surface area contributed by atoms with Crippen molar-refractivity contribution in [2.75, 3.05) is 42.2 Å². The number of carbonyl (C=O) groups is 1. The van der Waals surface area contributed by atoms with E-state index in [2.05, 4.69) is 31.7 Å². The van der Waals surface area contributed by atoms with E-state index >= 15 is 0 Å². The molecule has 1 aliphatic rings. The smallest absolute Gasteiger partial charge is 0.341 e. The van der Waals surface area contributed by atoms with E-state index in [1.54, 1.807) is 0 Å². The first-order valence-corrected chi connectivity index (χ1v) is 9.37. The van der Waals surface area contributed by atoms with E-state index in [0.717, 1.165) is 31.6 Å². The van der Waals surface area contributed by atoms with Crippen LogP contribution in [0.1, 0.15) is 22.3 Å². The highest BCUT2D eigenvalue weighted by Crippen LogP contribution is 2.24. The highest BCUT2D eigenvalue weighted by Gasteiger charge is 2.23. The number of thioether (sulfide) groups is 1. The number of nitrogens with zero attached hydrogens (tertiary/aromatic N) is 5. The van der Waals surface area contributed by atoms with Crippen LogP contribution < -0.4 is 9.80 Å². The Bertz CT molecular complexity index is 770.